The first-order chi connectivity index (χ1) is 32.6. The highest BCUT2D eigenvalue weighted by Gasteiger charge is 2.26. The summed E-state index contributed by atoms with van der Waals surface area (Å²) in [5.74, 6) is -2.22. The summed E-state index contributed by atoms with van der Waals surface area (Å²) in [6.45, 7) is 7.14. The number of aromatic amines is 1. The van der Waals surface area contributed by atoms with E-state index in [2.05, 4.69) is 36.5 Å². The standard InChI is InChI=1S/C26H27FN4O2.C25H22FN3O3.C2H6/c27-21-11-12-24(31-15-13-28-14-16-31)22(18-21)29-26(33)23(17-19-7-3-1-4-8-19)30-25(32)20-9-5-2-6-10-20;1-32-23-11-10-17(26)15-21(23)28-25(31)22(14-16-6-3-2-4-7-16)29-24(30)19-8-5-9-20-18(19)12-13-27-20;1-2/h1-12,18,23,28H,13-17H2,(H,29,33)(H,30,32);2-13,15,22,27H,14H2,1H3,(H,28,31)(H,29,30);1-2H3. The van der Waals surface area contributed by atoms with Gasteiger partial charge in [-0.3, -0.25) is 19.2 Å². The summed E-state index contributed by atoms with van der Waals surface area (Å²) >= 11 is 0. The van der Waals surface area contributed by atoms with Crippen LogP contribution in [0.2, 0.25) is 0 Å². The Morgan fingerprint density at radius 3 is 1.76 bits per heavy atom. The molecule has 0 spiro atoms. The number of hydrogen-bond donors (Lipinski definition) is 6. The SMILES string of the molecule is CC.COc1ccc(F)cc1NC(=O)C(Cc1ccccc1)NC(=O)c1cccc2[nH]ccc12.O=C(NC(Cc1ccccc1)C(=O)Nc1cc(F)ccc1N1CCNCC1)c1ccccc1. The Kier molecular flexibility index (Phi) is 17.7. The van der Waals surface area contributed by atoms with Crippen LogP contribution in [0.15, 0.2) is 158 Å². The van der Waals surface area contributed by atoms with Crippen molar-refractivity contribution in [2.24, 2.45) is 0 Å². The fourth-order valence-electron chi connectivity index (χ4n) is 7.48. The third kappa shape index (κ3) is 13.6. The van der Waals surface area contributed by atoms with E-state index in [1.165, 1.54) is 37.4 Å². The maximum atomic E-state index is 14.1. The number of benzene rings is 6. The Balaban J connectivity index is 0.000000213. The van der Waals surface area contributed by atoms with Crippen molar-refractivity contribution in [3.63, 3.8) is 0 Å². The van der Waals surface area contributed by atoms with Crippen LogP contribution in [0.5, 0.6) is 5.75 Å². The van der Waals surface area contributed by atoms with Gasteiger partial charge in [-0.05, 0) is 71.8 Å². The highest BCUT2D eigenvalue weighted by Crippen LogP contribution is 2.28. The van der Waals surface area contributed by atoms with Crippen molar-refractivity contribution in [1.82, 2.24) is 20.9 Å². The number of carbonyl (C=O) groups excluding carboxylic acids is 4. The Bertz CT molecular complexity index is 2710. The molecule has 0 radical (unpaired) electrons. The van der Waals surface area contributed by atoms with Crippen molar-refractivity contribution in [2.75, 3.05) is 48.8 Å². The van der Waals surface area contributed by atoms with Crippen LogP contribution in [0.4, 0.5) is 25.8 Å². The molecule has 12 nitrogen and oxygen atoms in total. The molecular weight excluding hydrogens is 853 g/mol. The lowest BCUT2D eigenvalue weighted by molar-refractivity contribution is -0.118. The summed E-state index contributed by atoms with van der Waals surface area (Å²) in [7, 11) is 1.43. The van der Waals surface area contributed by atoms with Crippen LogP contribution >= 0.6 is 0 Å². The summed E-state index contributed by atoms with van der Waals surface area (Å²) in [6, 6.07) is 41.3. The molecule has 8 rings (SSSR count). The second kappa shape index (κ2) is 24.4. The number of H-pyrrole nitrogens is 1. The first-order valence-corrected chi connectivity index (χ1v) is 22.2. The summed E-state index contributed by atoms with van der Waals surface area (Å²) in [5.41, 5.74) is 4.89. The van der Waals surface area contributed by atoms with E-state index in [1.807, 2.05) is 92.7 Å². The van der Waals surface area contributed by atoms with Gasteiger partial charge in [0.05, 0.1) is 24.2 Å². The predicted molar refractivity (Wildman–Crippen MR) is 261 cm³/mol. The van der Waals surface area contributed by atoms with Crippen LogP contribution in [0.1, 0.15) is 45.7 Å². The Morgan fingerprint density at radius 1 is 0.627 bits per heavy atom. The first-order valence-electron chi connectivity index (χ1n) is 22.2. The normalized spacial score (nSPS) is 12.8. The molecule has 1 saturated heterocycles. The van der Waals surface area contributed by atoms with Crippen molar-refractivity contribution in [3.8, 4) is 5.75 Å². The molecule has 2 atom stereocenters. The number of methoxy groups -OCH3 is 1. The molecule has 14 heteroatoms. The van der Waals surface area contributed by atoms with Crippen LogP contribution in [0.25, 0.3) is 10.9 Å². The molecule has 2 heterocycles. The third-order valence-electron chi connectivity index (χ3n) is 10.8. The molecule has 6 N–H and O–H groups in total. The number of amides is 4. The molecule has 1 aliphatic heterocycles. The summed E-state index contributed by atoms with van der Waals surface area (Å²) in [5, 5.41) is 15.3. The summed E-state index contributed by atoms with van der Waals surface area (Å²) < 4.78 is 33.1. The minimum atomic E-state index is -0.896. The van der Waals surface area contributed by atoms with Gasteiger partial charge in [0.1, 0.15) is 29.5 Å². The second-order valence-electron chi connectivity index (χ2n) is 15.3. The number of fused-ring (bicyclic) bond motifs is 1. The summed E-state index contributed by atoms with van der Waals surface area (Å²) in [4.78, 5) is 57.6. The van der Waals surface area contributed by atoms with Gasteiger partial charge >= 0.3 is 0 Å². The number of ether oxygens (including phenoxy) is 1. The number of nitrogens with zero attached hydrogens (tertiary/aromatic N) is 1. The molecule has 346 valence electrons. The maximum absolute atomic E-state index is 14.1. The molecule has 1 aromatic heterocycles. The molecule has 1 fully saturated rings. The van der Waals surface area contributed by atoms with Gasteiger partial charge in [-0.25, -0.2) is 8.78 Å². The van der Waals surface area contributed by atoms with E-state index in [0.29, 0.717) is 29.0 Å². The summed E-state index contributed by atoms with van der Waals surface area (Å²) in [6.07, 6.45) is 2.33. The van der Waals surface area contributed by atoms with E-state index in [9.17, 15) is 28.0 Å². The second-order valence-corrected chi connectivity index (χ2v) is 15.3. The molecule has 4 amide bonds. The van der Waals surface area contributed by atoms with Gasteiger partial charge in [0.15, 0.2) is 0 Å². The number of nitrogens with one attached hydrogen (secondary N) is 6. The van der Waals surface area contributed by atoms with Crippen LogP contribution < -0.4 is 36.2 Å². The first kappa shape index (κ1) is 48.6. The fourth-order valence-corrected chi connectivity index (χ4v) is 7.48. The van der Waals surface area contributed by atoms with Gasteiger partial charge in [0.2, 0.25) is 11.8 Å². The third-order valence-corrected chi connectivity index (χ3v) is 10.8. The van der Waals surface area contributed by atoms with Gasteiger partial charge in [-0.15, -0.1) is 0 Å². The Morgan fingerprint density at radius 2 is 1.16 bits per heavy atom. The zero-order valence-electron chi connectivity index (χ0n) is 37.7. The van der Waals surface area contributed by atoms with E-state index in [1.54, 1.807) is 48.7 Å². The monoisotopic (exact) mass is 907 g/mol. The number of carbonyl (C=O) groups is 4. The molecule has 6 aromatic carbocycles. The largest absolute Gasteiger partial charge is 0.495 e. The average Bonchev–Trinajstić information content (AvgIpc) is 3.85. The molecule has 0 bridgehead atoms. The number of aromatic nitrogens is 1. The lowest BCUT2D eigenvalue weighted by Crippen LogP contribution is -2.46. The van der Waals surface area contributed by atoms with E-state index in [0.717, 1.165) is 53.9 Å². The van der Waals surface area contributed by atoms with E-state index >= 15 is 0 Å². The Labute approximate surface area is 389 Å². The topological polar surface area (TPSA) is 157 Å². The van der Waals surface area contributed by atoms with Crippen LogP contribution in [0, 0.1) is 11.6 Å². The zero-order valence-corrected chi connectivity index (χ0v) is 37.7. The van der Waals surface area contributed by atoms with Crippen molar-refractivity contribution in [2.45, 2.75) is 38.8 Å². The molecule has 0 saturated carbocycles. The smallest absolute Gasteiger partial charge is 0.252 e. The molecule has 2 unspecified atom stereocenters. The lowest BCUT2D eigenvalue weighted by atomic mass is 10.0. The van der Waals surface area contributed by atoms with Crippen LogP contribution in [-0.2, 0) is 22.4 Å². The number of rotatable bonds is 14. The predicted octanol–water partition coefficient (Wildman–Crippen LogP) is 8.54. The van der Waals surface area contributed by atoms with Crippen molar-refractivity contribution in [3.05, 3.63) is 192 Å². The van der Waals surface area contributed by atoms with Gasteiger partial charge in [0.25, 0.3) is 11.8 Å². The van der Waals surface area contributed by atoms with Crippen LogP contribution in [0.3, 0.4) is 0 Å². The van der Waals surface area contributed by atoms with Gasteiger partial charge < -0.3 is 41.2 Å². The minimum absolute atomic E-state index is 0.192. The number of piperazine rings is 1. The maximum Gasteiger partial charge on any atom is 0.252 e. The van der Waals surface area contributed by atoms with E-state index < -0.39 is 35.5 Å². The number of halogens is 2. The highest BCUT2D eigenvalue weighted by molar-refractivity contribution is 6.09. The number of hydrogen-bond acceptors (Lipinski definition) is 7. The van der Waals surface area contributed by atoms with Gasteiger partial charge in [-0.2, -0.15) is 0 Å². The van der Waals surface area contributed by atoms with Gasteiger partial charge in [0, 0.05) is 73.3 Å². The zero-order chi connectivity index (χ0) is 47.5. The molecule has 1 aliphatic rings. The van der Waals surface area contributed by atoms with Crippen molar-refractivity contribution in [1.29, 1.82) is 0 Å². The molecule has 7 aromatic rings. The molecular formula is C53H55F2N7O5. The van der Waals surface area contributed by atoms with E-state index in [4.69, 9.17) is 4.74 Å². The van der Waals surface area contributed by atoms with E-state index in [-0.39, 0.29) is 23.9 Å². The van der Waals surface area contributed by atoms with Crippen LogP contribution in [-0.4, -0.2) is 74.0 Å². The van der Waals surface area contributed by atoms with Gasteiger partial charge in [-0.1, -0.05) is 98.8 Å². The number of anilines is 3. The lowest BCUT2D eigenvalue weighted by Gasteiger charge is -2.31. The quantitative estimate of drug-likeness (QED) is 0.0639. The molecule has 67 heavy (non-hydrogen) atoms. The van der Waals surface area contributed by atoms with Crippen molar-refractivity contribution < 1.29 is 32.7 Å². The average molecular weight is 908 g/mol. The van der Waals surface area contributed by atoms with Crippen molar-refractivity contribution >= 4 is 51.6 Å². The molecule has 0 aliphatic carbocycles. The minimum Gasteiger partial charge on any atom is -0.495 e. The Hall–Kier alpha value is -7.84. The highest BCUT2D eigenvalue weighted by atomic mass is 19.1. The fraction of sp³-hybridized carbons (Fsp3) is 0.208.